The Morgan fingerprint density at radius 3 is 2.79 bits per heavy atom. The predicted octanol–water partition coefficient (Wildman–Crippen LogP) is 1.96. The van der Waals surface area contributed by atoms with Crippen molar-refractivity contribution in [2.24, 2.45) is 5.92 Å². The van der Waals surface area contributed by atoms with Gasteiger partial charge in [-0.1, -0.05) is 20.8 Å². The van der Waals surface area contributed by atoms with Gasteiger partial charge in [0.05, 0.1) is 6.20 Å². The highest BCUT2D eigenvalue weighted by Gasteiger charge is 2.06. The molecule has 0 atom stereocenters. The van der Waals surface area contributed by atoms with Crippen molar-refractivity contribution >= 4 is 0 Å². The van der Waals surface area contributed by atoms with Gasteiger partial charge in [-0.2, -0.15) is 5.10 Å². The van der Waals surface area contributed by atoms with E-state index in [1.807, 2.05) is 6.20 Å². The van der Waals surface area contributed by atoms with E-state index in [9.17, 15) is 0 Å². The van der Waals surface area contributed by atoms with Gasteiger partial charge in [-0.05, 0) is 19.4 Å². The Labute approximate surface area is 86.5 Å². The van der Waals surface area contributed by atoms with Crippen molar-refractivity contribution in [2.45, 2.75) is 40.8 Å². The molecule has 0 fully saturated rings. The van der Waals surface area contributed by atoms with Crippen molar-refractivity contribution in [3.8, 4) is 0 Å². The summed E-state index contributed by atoms with van der Waals surface area (Å²) in [4.78, 5) is 0. The van der Waals surface area contributed by atoms with Gasteiger partial charge in [0.1, 0.15) is 0 Å². The standard InChI is InChI=1S/C11H21N3/c1-5-12-6-11-7-13-14(10(11)4)8-9(2)3/h7,9,12H,5-6,8H2,1-4H3. The fraction of sp³-hybridized carbons (Fsp3) is 0.727. The molecule has 0 spiro atoms. The molecule has 0 aliphatic rings. The maximum Gasteiger partial charge on any atom is 0.0537 e. The van der Waals surface area contributed by atoms with Crippen LogP contribution in [0, 0.1) is 12.8 Å². The van der Waals surface area contributed by atoms with Crippen LogP contribution < -0.4 is 5.32 Å². The molecule has 0 aromatic carbocycles. The van der Waals surface area contributed by atoms with Crippen LogP contribution in [0.5, 0.6) is 0 Å². The minimum atomic E-state index is 0.653. The lowest BCUT2D eigenvalue weighted by Gasteiger charge is -2.08. The van der Waals surface area contributed by atoms with Crippen molar-refractivity contribution < 1.29 is 0 Å². The van der Waals surface area contributed by atoms with E-state index in [4.69, 9.17) is 0 Å². The van der Waals surface area contributed by atoms with E-state index in [-0.39, 0.29) is 0 Å². The van der Waals surface area contributed by atoms with Crippen LogP contribution in [-0.2, 0) is 13.1 Å². The molecule has 1 aromatic rings. The summed E-state index contributed by atoms with van der Waals surface area (Å²) in [7, 11) is 0. The molecule has 0 aliphatic heterocycles. The number of hydrogen-bond donors (Lipinski definition) is 1. The number of nitrogens with zero attached hydrogens (tertiary/aromatic N) is 2. The van der Waals surface area contributed by atoms with Crippen molar-refractivity contribution in [3.05, 3.63) is 17.5 Å². The highest BCUT2D eigenvalue weighted by molar-refractivity contribution is 5.15. The second-order valence-corrected chi connectivity index (χ2v) is 4.11. The predicted molar refractivity (Wildman–Crippen MR) is 59.2 cm³/mol. The van der Waals surface area contributed by atoms with E-state index in [1.54, 1.807) is 0 Å². The van der Waals surface area contributed by atoms with Crippen LogP contribution in [0.15, 0.2) is 6.20 Å². The third-order valence-electron chi connectivity index (χ3n) is 2.31. The van der Waals surface area contributed by atoms with Gasteiger partial charge in [0, 0.05) is 24.3 Å². The number of aromatic nitrogens is 2. The smallest absolute Gasteiger partial charge is 0.0537 e. The van der Waals surface area contributed by atoms with Crippen molar-refractivity contribution in [1.29, 1.82) is 0 Å². The lowest BCUT2D eigenvalue weighted by atomic mass is 10.2. The molecule has 0 saturated carbocycles. The van der Waals surface area contributed by atoms with Crippen LogP contribution in [0.2, 0.25) is 0 Å². The highest BCUT2D eigenvalue weighted by Crippen LogP contribution is 2.09. The summed E-state index contributed by atoms with van der Waals surface area (Å²) in [6, 6.07) is 0. The molecule has 1 rings (SSSR count). The van der Waals surface area contributed by atoms with E-state index < -0.39 is 0 Å². The second-order valence-electron chi connectivity index (χ2n) is 4.11. The molecule has 80 valence electrons. The monoisotopic (exact) mass is 195 g/mol. The molecular formula is C11H21N3. The van der Waals surface area contributed by atoms with Crippen molar-refractivity contribution in [2.75, 3.05) is 6.54 Å². The Bertz CT molecular complexity index is 276. The maximum atomic E-state index is 4.39. The number of hydrogen-bond acceptors (Lipinski definition) is 2. The van der Waals surface area contributed by atoms with Gasteiger partial charge < -0.3 is 5.32 Å². The zero-order chi connectivity index (χ0) is 10.6. The molecule has 3 heteroatoms. The first-order valence-corrected chi connectivity index (χ1v) is 5.37. The SMILES string of the molecule is CCNCc1cnn(CC(C)C)c1C. The Hall–Kier alpha value is -0.830. The van der Waals surface area contributed by atoms with Gasteiger partial charge in [0.2, 0.25) is 0 Å². The van der Waals surface area contributed by atoms with Gasteiger partial charge >= 0.3 is 0 Å². The molecule has 14 heavy (non-hydrogen) atoms. The fourth-order valence-corrected chi connectivity index (χ4v) is 1.45. The van der Waals surface area contributed by atoms with E-state index in [2.05, 4.69) is 42.8 Å². The summed E-state index contributed by atoms with van der Waals surface area (Å²) in [5.41, 5.74) is 2.60. The molecule has 0 radical (unpaired) electrons. The molecule has 1 N–H and O–H groups in total. The molecule has 0 unspecified atom stereocenters. The molecule has 0 saturated heterocycles. The van der Waals surface area contributed by atoms with Gasteiger partial charge in [-0.25, -0.2) is 0 Å². The summed E-state index contributed by atoms with van der Waals surface area (Å²) < 4.78 is 2.09. The summed E-state index contributed by atoms with van der Waals surface area (Å²) >= 11 is 0. The van der Waals surface area contributed by atoms with Gasteiger partial charge in [-0.15, -0.1) is 0 Å². The Morgan fingerprint density at radius 1 is 1.50 bits per heavy atom. The lowest BCUT2D eigenvalue weighted by Crippen LogP contribution is -2.13. The van der Waals surface area contributed by atoms with E-state index in [1.165, 1.54) is 11.3 Å². The van der Waals surface area contributed by atoms with Crippen LogP contribution in [0.4, 0.5) is 0 Å². The molecule has 0 amide bonds. The quantitative estimate of drug-likeness (QED) is 0.778. The lowest BCUT2D eigenvalue weighted by molar-refractivity contribution is 0.474. The molecular weight excluding hydrogens is 174 g/mol. The average Bonchev–Trinajstić information content (AvgIpc) is 2.45. The van der Waals surface area contributed by atoms with E-state index in [0.717, 1.165) is 19.6 Å². The molecule has 1 heterocycles. The van der Waals surface area contributed by atoms with Gasteiger partial charge in [0.15, 0.2) is 0 Å². The first-order valence-electron chi connectivity index (χ1n) is 5.37. The maximum absolute atomic E-state index is 4.39. The minimum absolute atomic E-state index is 0.653. The van der Waals surface area contributed by atoms with Crippen molar-refractivity contribution in [3.63, 3.8) is 0 Å². The zero-order valence-corrected chi connectivity index (χ0v) is 9.67. The minimum Gasteiger partial charge on any atom is -0.313 e. The molecule has 1 aromatic heterocycles. The van der Waals surface area contributed by atoms with Crippen LogP contribution >= 0.6 is 0 Å². The average molecular weight is 195 g/mol. The Kier molecular flexibility index (Phi) is 4.14. The van der Waals surface area contributed by atoms with Crippen LogP contribution in [0.25, 0.3) is 0 Å². The van der Waals surface area contributed by atoms with Crippen molar-refractivity contribution in [1.82, 2.24) is 15.1 Å². The Morgan fingerprint density at radius 2 is 2.21 bits per heavy atom. The van der Waals surface area contributed by atoms with Crippen LogP contribution in [-0.4, -0.2) is 16.3 Å². The second kappa shape index (κ2) is 5.15. The molecule has 0 aliphatic carbocycles. The topological polar surface area (TPSA) is 29.9 Å². The van der Waals surface area contributed by atoms with Crippen LogP contribution in [0.1, 0.15) is 32.0 Å². The van der Waals surface area contributed by atoms with Gasteiger partial charge in [0.25, 0.3) is 0 Å². The summed E-state index contributed by atoms with van der Waals surface area (Å²) in [6.07, 6.45) is 1.97. The molecule has 0 bridgehead atoms. The van der Waals surface area contributed by atoms with E-state index in [0.29, 0.717) is 5.92 Å². The largest absolute Gasteiger partial charge is 0.313 e. The number of rotatable bonds is 5. The summed E-state index contributed by atoms with van der Waals surface area (Å²) in [5, 5.41) is 7.70. The summed E-state index contributed by atoms with van der Waals surface area (Å²) in [5.74, 6) is 0.653. The Balaban J connectivity index is 2.65. The van der Waals surface area contributed by atoms with Gasteiger partial charge in [-0.3, -0.25) is 4.68 Å². The molecule has 3 nitrogen and oxygen atoms in total. The zero-order valence-electron chi connectivity index (χ0n) is 9.67. The fourth-order valence-electron chi connectivity index (χ4n) is 1.45. The number of nitrogens with one attached hydrogen (secondary N) is 1. The highest BCUT2D eigenvalue weighted by atomic mass is 15.3. The van der Waals surface area contributed by atoms with Crippen LogP contribution in [0.3, 0.4) is 0 Å². The normalized spacial score (nSPS) is 11.2. The van der Waals surface area contributed by atoms with E-state index >= 15 is 0 Å². The summed E-state index contributed by atoms with van der Waals surface area (Å²) in [6.45, 7) is 11.6. The third kappa shape index (κ3) is 2.84. The third-order valence-corrected chi connectivity index (χ3v) is 2.31. The first-order chi connectivity index (χ1) is 6.65. The first kappa shape index (κ1) is 11.2.